The monoisotopic (exact) mass is 232 g/mol. The van der Waals surface area contributed by atoms with Crippen molar-refractivity contribution in [3.05, 3.63) is 42.5 Å². The van der Waals surface area contributed by atoms with E-state index in [9.17, 15) is 9.59 Å². The topological polar surface area (TPSA) is 34.1 Å². The first-order valence-electron chi connectivity index (χ1n) is 5.56. The molecule has 0 amide bonds. The third kappa shape index (κ3) is 7.23. The Morgan fingerprint density at radius 3 is 2.00 bits per heavy atom. The summed E-state index contributed by atoms with van der Waals surface area (Å²) in [6, 6.07) is 10.0. The van der Waals surface area contributed by atoms with Gasteiger partial charge in [0, 0.05) is 5.41 Å². The lowest BCUT2D eigenvalue weighted by atomic mass is 9.89. The second kappa shape index (κ2) is 7.55. The Hall–Kier alpha value is -1.70. The first-order valence-corrected chi connectivity index (χ1v) is 5.56. The lowest BCUT2D eigenvalue weighted by Crippen LogP contribution is -2.19. The van der Waals surface area contributed by atoms with Crippen LogP contribution in [-0.2, 0) is 9.59 Å². The van der Waals surface area contributed by atoms with Gasteiger partial charge in [0.25, 0.3) is 0 Å². The maximum absolute atomic E-state index is 10.8. The van der Waals surface area contributed by atoms with Gasteiger partial charge in [0.2, 0.25) is 0 Å². The molecule has 0 saturated carbocycles. The number of carbonyl (C=O) groups is 2. The fourth-order valence-electron chi connectivity index (χ4n) is 0.971. The highest BCUT2D eigenvalue weighted by atomic mass is 16.1. The largest absolute Gasteiger partial charge is 0.303 e. The second-order valence-electron chi connectivity index (χ2n) is 4.66. The van der Waals surface area contributed by atoms with E-state index in [1.54, 1.807) is 20.8 Å². The predicted molar refractivity (Wildman–Crippen MR) is 71.7 cm³/mol. The van der Waals surface area contributed by atoms with Gasteiger partial charge in [-0.05, 0) is 5.56 Å². The first-order chi connectivity index (χ1) is 7.91. The summed E-state index contributed by atoms with van der Waals surface area (Å²) < 4.78 is 0. The third-order valence-electron chi connectivity index (χ3n) is 2.14. The Bertz CT molecular complexity index is 358. The van der Waals surface area contributed by atoms with Crippen LogP contribution in [0, 0.1) is 5.41 Å². The fraction of sp³-hybridized carbons (Fsp3) is 0.333. The van der Waals surface area contributed by atoms with E-state index in [1.807, 2.05) is 36.4 Å². The second-order valence-corrected chi connectivity index (χ2v) is 4.66. The summed E-state index contributed by atoms with van der Waals surface area (Å²) in [7, 11) is 0. The van der Waals surface area contributed by atoms with E-state index >= 15 is 0 Å². The van der Waals surface area contributed by atoms with Crippen LogP contribution >= 0.6 is 0 Å². The molecule has 0 spiro atoms. The van der Waals surface area contributed by atoms with Gasteiger partial charge in [-0.3, -0.25) is 4.79 Å². The molecule has 0 saturated heterocycles. The van der Waals surface area contributed by atoms with Crippen LogP contribution < -0.4 is 0 Å². The number of Topliss-reactive ketones (excluding diaryl/α,β-unsaturated/α-hetero) is 1. The van der Waals surface area contributed by atoms with Crippen LogP contribution in [0.3, 0.4) is 0 Å². The Morgan fingerprint density at radius 2 is 1.76 bits per heavy atom. The van der Waals surface area contributed by atoms with E-state index in [2.05, 4.69) is 6.58 Å². The number of hydrogen-bond acceptors (Lipinski definition) is 2. The minimum atomic E-state index is -0.360. The van der Waals surface area contributed by atoms with Crippen molar-refractivity contribution >= 4 is 18.1 Å². The van der Waals surface area contributed by atoms with Crippen molar-refractivity contribution in [1.29, 1.82) is 0 Å². The SMILES string of the molecule is C=Cc1ccccc1.CC(C)(C)C(=O)CC=O. The van der Waals surface area contributed by atoms with Crippen LogP contribution in [-0.4, -0.2) is 12.1 Å². The Kier molecular flexibility index (Phi) is 6.80. The van der Waals surface area contributed by atoms with Crippen molar-refractivity contribution in [2.75, 3.05) is 0 Å². The molecule has 0 aliphatic rings. The van der Waals surface area contributed by atoms with Crippen molar-refractivity contribution in [1.82, 2.24) is 0 Å². The van der Waals surface area contributed by atoms with E-state index in [4.69, 9.17) is 0 Å². The number of ketones is 1. The molecule has 92 valence electrons. The molecule has 0 N–H and O–H groups in total. The number of aldehydes is 1. The number of rotatable bonds is 3. The lowest BCUT2D eigenvalue weighted by Gasteiger charge is -2.13. The molecule has 0 aliphatic carbocycles. The Balaban J connectivity index is 0.000000302. The van der Waals surface area contributed by atoms with Crippen LogP contribution in [0.2, 0.25) is 0 Å². The summed E-state index contributed by atoms with van der Waals surface area (Å²) >= 11 is 0. The predicted octanol–water partition coefficient (Wildman–Crippen LogP) is 3.52. The van der Waals surface area contributed by atoms with E-state index < -0.39 is 0 Å². The molecule has 0 radical (unpaired) electrons. The highest BCUT2D eigenvalue weighted by Gasteiger charge is 2.19. The Labute approximate surface area is 103 Å². The normalized spacial score (nSPS) is 9.82. The van der Waals surface area contributed by atoms with E-state index in [0.717, 1.165) is 0 Å². The van der Waals surface area contributed by atoms with E-state index in [1.165, 1.54) is 5.56 Å². The number of carbonyl (C=O) groups excluding carboxylic acids is 2. The molecule has 2 nitrogen and oxygen atoms in total. The van der Waals surface area contributed by atoms with Crippen molar-refractivity contribution in [3.8, 4) is 0 Å². The molecule has 0 bridgehead atoms. The highest BCUT2D eigenvalue weighted by molar-refractivity contribution is 5.93. The minimum absolute atomic E-state index is 0.00231. The Morgan fingerprint density at radius 1 is 1.24 bits per heavy atom. The van der Waals surface area contributed by atoms with Crippen molar-refractivity contribution in [3.63, 3.8) is 0 Å². The van der Waals surface area contributed by atoms with Crippen molar-refractivity contribution in [2.24, 2.45) is 5.41 Å². The van der Waals surface area contributed by atoms with Crippen molar-refractivity contribution in [2.45, 2.75) is 27.2 Å². The molecular formula is C15H20O2. The van der Waals surface area contributed by atoms with Gasteiger partial charge >= 0.3 is 0 Å². The van der Waals surface area contributed by atoms with Gasteiger partial charge in [-0.15, -0.1) is 0 Å². The smallest absolute Gasteiger partial charge is 0.145 e. The maximum atomic E-state index is 10.8. The maximum Gasteiger partial charge on any atom is 0.145 e. The third-order valence-corrected chi connectivity index (χ3v) is 2.14. The summed E-state index contributed by atoms with van der Waals surface area (Å²) in [5.74, 6) is -0.00231. The molecule has 0 unspecified atom stereocenters. The zero-order chi connectivity index (χ0) is 13.3. The van der Waals surface area contributed by atoms with Gasteiger partial charge in [-0.1, -0.05) is 63.8 Å². The zero-order valence-corrected chi connectivity index (χ0v) is 10.8. The number of benzene rings is 1. The van der Waals surface area contributed by atoms with Crippen LogP contribution in [0.1, 0.15) is 32.8 Å². The highest BCUT2D eigenvalue weighted by Crippen LogP contribution is 2.15. The molecule has 0 aromatic heterocycles. The lowest BCUT2D eigenvalue weighted by molar-refractivity contribution is -0.128. The molecule has 1 aromatic carbocycles. The molecule has 0 fully saturated rings. The number of hydrogen-bond donors (Lipinski definition) is 0. The molecule has 1 rings (SSSR count). The van der Waals surface area contributed by atoms with Gasteiger partial charge in [0.15, 0.2) is 0 Å². The average Bonchev–Trinajstić information content (AvgIpc) is 2.30. The standard InChI is InChI=1S/C8H8.C7H12O2/c1-2-8-6-4-3-5-7-8;1-7(2,3)6(9)4-5-8/h2-7H,1H2;5H,4H2,1-3H3. The molecule has 0 heterocycles. The molecule has 17 heavy (non-hydrogen) atoms. The van der Waals surface area contributed by atoms with Gasteiger partial charge in [0.05, 0.1) is 6.42 Å². The first kappa shape index (κ1) is 15.3. The average molecular weight is 232 g/mol. The van der Waals surface area contributed by atoms with Crippen molar-refractivity contribution < 1.29 is 9.59 Å². The summed E-state index contributed by atoms with van der Waals surface area (Å²) in [5, 5.41) is 0. The summed E-state index contributed by atoms with van der Waals surface area (Å²) in [6.07, 6.45) is 2.52. The summed E-state index contributed by atoms with van der Waals surface area (Å²) in [6.45, 7) is 9.04. The van der Waals surface area contributed by atoms with Gasteiger partial charge in [-0.2, -0.15) is 0 Å². The molecule has 1 aromatic rings. The van der Waals surface area contributed by atoms with E-state index in [0.29, 0.717) is 6.29 Å². The molecule has 0 atom stereocenters. The zero-order valence-electron chi connectivity index (χ0n) is 10.8. The molecule has 2 heteroatoms. The summed E-state index contributed by atoms with van der Waals surface area (Å²) in [4.78, 5) is 20.7. The van der Waals surface area contributed by atoms with Crippen LogP contribution in [0.5, 0.6) is 0 Å². The van der Waals surface area contributed by atoms with E-state index in [-0.39, 0.29) is 17.6 Å². The molecule has 0 aliphatic heterocycles. The fourth-order valence-corrected chi connectivity index (χ4v) is 0.971. The van der Waals surface area contributed by atoms with Gasteiger partial charge in [-0.25, -0.2) is 0 Å². The van der Waals surface area contributed by atoms with Gasteiger partial charge in [0.1, 0.15) is 12.1 Å². The summed E-state index contributed by atoms with van der Waals surface area (Å²) in [5.41, 5.74) is 0.813. The minimum Gasteiger partial charge on any atom is -0.303 e. The molecular weight excluding hydrogens is 212 g/mol. The quantitative estimate of drug-likeness (QED) is 0.590. The van der Waals surface area contributed by atoms with Crippen LogP contribution in [0.15, 0.2) is 36.9 Å². The van der Waals surface area contributed by atoms with Crippen LogP contribution in [0.25, 0.3) is 6.08 Å². The van der Waals surface area contributed by atoms with Crippen LogP contribution in [0.4, 0.5) is 0 Å². The van der Waals surface area contributed by atoms with Gasteiger partial charge < -0.3 is 4.79 Å².